The van der Waals surface area contributed by atoms with Crippen molar-refractivity contribution in [1.82, 2.24) is 0 Å². The Kier molecular flexibility index (Phi) is 5.93. The molecule has 0 aliphatic carbocycles. The maximum absolute atomic E-state index is 13.2. The average Bonchev–Trinajstić information content (AvgIpc) is 2.30. The van der Waals surface area contributed by atoms with Crippen molar-refractivity contribution in [3.8, 4) is 0 Å². The van der Waals surface area contributed by atoms with Crippen LogP contribution in [0.4, 0.5) is 14.5 Å². The molecular formula is C11H14F2N2OS. The van der Waals surface area contributed by atoms with E-state index in [1.54, 1.807) is 0 Å². The van der Waals surface area contributed by atoms with E-state index in [1.165, 1.54) is 17.8 Å². The SMILES string of the molecule is NCCCSCC(=O)Nc1c(F)cccc1F. The molecule has 1 rings (SSSR count). The predicted molar refractivity (Wildman–Crippen MR) is 66.0 cm³/mol. The summed E-state index contributed by atoms with van der Waals surface area (Å²) in [6.45, 7) is 0.566. The van der Waals surface area contributed by atoms with Crippen LogP contribution < -0.4 is 11.1 Å². The molecule has 0 unspecified atom stereocenters. The van der Waals surface area contributed by atoms with E-state index >= 15 is 0 Å². The summed E-state index contributed by atoms with van der Waals surface area (Å²) >= 11 is 1.38. The molecule has 0 aliphatic rings. The number of hydrogen-bond acceptors (Lipinski definition) is 3. The van der Waals surface area contributed by atoms with E-state index in [-0.39, 0.29) is 5.75 Å². The van der Waals surface area contributed by atoms with Crippen molar-refractivity contribution >= 4 is 23.4 Å². The molecule has 0 saturated carbocycles. The molecule has 6 heteroatoms. The van der Waals surface area contributed by atoms with Crippen molar-refractivity contribution < 1.29 is 13.6 Å². The lowest BCUT2D eigenvalue weighted by Crippen LogP contribution is -2.16. The second-order valence-corrected chi connectivity index (χ2v) is 4.44. The van der Waals surface area contributed by atoms with Crippen LogP contribution in [0, 0.1) is 11.6 Å². The molecular weight excluding hydrogens is 246 g/mol. The molecule has 94 valence electrons. The van der Waals surface area contributed by atoms with Crippen molar-refractivity contribution in [3.05, 3.63) is 29.8 Å². The molecule has 0 bridgehead atoms. The lowest BCUT2D eigenvalue weighted by Gasteiger charge is -2.07. The van der Waals surface area contributed by atoms with Gasteiger partial charge in [0.1, 0.15) is 17.3 Å². The first-order valence-corrected chi connectivity index (χ1v) is 6.32. The second kappa shape index (κ2) is 7.24. The Hall–Kier alpha value is -1.14. The van der Waals surface area contributed by atoms with Crippen LogP contribution in [0.1, 0.15) is 6.42 Å². The number of halogens is 2. The van der Waals surface area contributed by atoms with Gasteiger partial charge in [-0.25, -0.2) is 8.78 Å². The van der Waals surface area contributed by atoms with Gasteiger partial charge in [-0.15, -0.1) is 0 Å². The number of carbonyl (C=O) groups excluding carboxylic acids is 1. The summed E-state index contributed by atoms with van der Waals surface area (Å²) in [6.07, 6.45) is 0.812. The molecule has 3 nitrogen and oxygen atoms in total. The third-order valence-corrected chi connectivity index (χ3v) is 3.00. The van der Waals surface area contributed by atoms with Crippen molar-refractivity contribution in [1.29, 1.82) is 0 Å². The fraction of sp³-hybridized carbons (Fsp3) is 0.364. The topological polar surface area (TPSA) is 55.1 Å². The number of thioether (sulfide) groups is 1. The summed E-state index contributed by atoms with van der Waals surface area (Å²) < 4.78 is 26.4. The monoisotopic (exact) mass is 260 g/mol. The van der Waals surface area contributed by atoms with Crippen LogP contribution in [0.2, 0.25) is 0 Å². The van der Waals surface area contributed by atoms with Gasteiger partial charge in [0.2, 0.25) is 5.91 Å². The van der Waals surface area contributed by atoms with Gasteiger partial charge in [0.25, 0.3) is 0 Å². The predicted octanol–water partition coefficient (Wildman–Crippen LogP) is 1.99. The summed E-state index contributed by atoms with van der Waals surface area (Å²) in [6, 6.07) is 3.44. The molecule has 1 aromatic carbocycles. The van der Waals surface area contributed by atoms with E-state index in [9.17, 15) is 13.6 Å². The minimum atomic E-state index is -0.773. The zero-order valence-electron chi connectivity index (χ0n) is 9.21. The van der Waals surface area contributed by atoms with Crippen molar-refractivity contribution in [2.24, 2.45) is 5.73 Å². The maximum atomic E-state index is 13.2. The summed E-state index contributed by atoms with van der Waals surface area (Å²) in [4.78, 5) is 11.4. The Morgan fingerprint density at radius 1 is 1.35 bits per heavy atom. The fourth-order valence-electron chi connectivity index (χ4n) is 1.14. The fourth-order valence-corrected chi connectivity index (χ4v) is 1.92. The molecule has 0 aromatic heterocycles. The molecule has 0 heterocycles. The van der Waals surface area contributed by atoms with E-state index in [0.717, 1.165) is 24.3 Å². The highest BCUT2D eigenvalue weighted by Gasteiger charge is 2.11. The van der Waals surface area contributed by atoms with E-state index in [4.69, 9.17) is 5.73 Å². The quantitative estimate of drug-likeness (QED) is 0.769. The normalized spacial score (nSPS) is 10.3. The number of hydrogen-bond donors (Lipinski definition) is 2. The highest BCUT2D eigenvalue weighted by molar-refractivity contribution is 7.99. The Balaban J connectivity index is 2.45. The van der Waals surface area contributed by atoms with Gasteiger partial charge in [0, 0.05) is 0 Å². The first kappa shape index (κ1) is 13.9. The molecule has 0 saturated heterocycles. The van der Waals surface area contributed by atoms with Gasteiger partial charge in [-0.3, -0.25) is 4.79 Å². The smallest absolute Gasteiger partial charge is 0.234 e. The van der Waals surface area contributed by atoms with Crippen LogP contribution in [0.3, 0.4) is 0 Å². The Bertz CT molecular complexity index is 367. The van der Waals surface area contributed by atoms with Gasteiger partial charge >= 0.3 is 0 Å². The summed E-state index contributed by atoms with van der Waals surface area (Å²) in [5.74, 6) is -1.05. The molecule has 0 aliphatic heterocycles. The van der Waals surface area contributed by atoms with Gasteiger partial charge in [0.15, 0.2) is 0 Å². The zero-order chi connectivity index (χ0) is 12.7. The van der Waals surface area contributed by atoms with Gasteiger partial charge in [-0.2, -0.15) is 11.8 Å². The Morgan fingerprint density at radius 2 is 2.00 bits per heavy atom. The maximum Gasteiger partial charge on any atom is 0.234 e. The van der Waals surface area contributed by atoms with E-state index < -0.39 is 23.2 Å². The van der Waals surface area contributed by atoms with Crippen LogP contribution in [0.25, 0.3) is 0 Å². The second-order valence-electron chi connectivity index (χ2n) is 3.34. The summed E-state index contributed by atoms with van der Waals surface area (Å²) in [5, 5.41) is 2.21. The molecule has 17 heavy (non-hydrogen) atoms. The number of anilines is 1. The molecule has 1 aromatic rings. The summed E-state index contributed by atoms with van der Waals surface area (Å²) in [7, 11) is 0. The van der Waals surface area contributed by atoms with Crippen molar-refractivity contribution in [3.63, 3.8) is 0 Å². The molecule has 0 radical (unpaired) electrons. The average molecular weight is 260 g/mol. The Morgan fingerprint density at radius 3 is 2.59 bits per heavy atom. The standard InChI is InChI=1S/C11H14F2N2OS/c12-8-3-1-4-9(13)11(8)15-10(16)7-17-6-2-5-14/h1,3-4H,2,5-7,14H2,(H,15,16). The molecule has 0 fully saturated rings. The largest absolute Gasteiger partial charge is 0.330 e. The van der Waals surface area contributed by atoms with E-state index in [2.05, 4.69) is 5.32 Å². The third kappa shape index (κ3) is 4.70. The third-order valence-electron chi connectivity index (χ3n) is 1.95. The number of rotatable bonds is 6. The first-order chi connectivity index (χ1) is 8.15. The lowest BCUT2D eigenvalue weighted by atomic mass is 10.3. The minimum absolute atomic E-state index is 0.160. The highest BCUT2D eigenvalue weighted by atomic mass is 32.2. The van der Waals surface area contributed by atoms with Gasteiger partial charge in [-0.1, -0.05) is 6.07 Å². The first-order valence-electron chi connectivity index (χ1n) is 5.17. The number of nitrogens with one attached hydrogen (secondary N) is 1. The van der Waals surface area contributed by atoms with E-state index in [0.29, 0.717) is 6.54 Å². The molecule has 1 amide bonds. The van der Waals surface area contributed by atoms with Crippen molar-refractivity contribution in [2.45, 2.75) is 6.42 Å². The number of amides is 1. The molecule has 0 spiro atoms. The molecule has 3 N–H and O–H groups in total. The molecule has 0 atom stereocenters. The van der Waals surface area contributed by atoms with Gasteiger partial charge < -0.3 is 11.1 Å². The van der Waals surface area contributed by atoms with Crippen LogP contribution in [-0.4, -0.2) is 24.0 Å². The number of benzene rings is 1. The highest BCUT2D eigenvalue weighted by Crippen LogP contribution is 2.18. The summed E-state index contributed by atoms with van der Waals surface area (Å²) in [5.41, 5.74) is 4.90. The lowest BCUT2D eigenvalue weighted by molar-refractivity contribution is -0.113. The van der Waals surface area contributed by atoms with Crippen LogP contribution in [0.5, 0.6) is 0 Å². The van der Waals surface area contributed by atoms with Gasteiger partial charge in [0.05, 0.1) is 5.75 Å². The van der Waals surface area contributed by atoms with Gasteiger partial charge in [-0.05, 0) is 30.9 Å². The Labute approximate surface area is 103 Å². The zero-order valence-corrected chi connectivity index (χ0v) is 10.0. The van der Waals surface area contributed by atoms with Crippen LogP contribution in [0.15, 0.2) is 18.2 Å². The number of nitrogens with two attached hydrogens (primary N) is 1. The number of carbonyl (C=O) groups is 1. The van der Waals surface area contributed by atoms with Crippen LogP contribution >= 0.6 is 11.8 Å². The number of para-hydroxylation sites is 1. The minimum Gasteiger partial charge on any atom is -0.330 e. The van der Waals surface area contributed by atoms with Crippen molar-refractivity contribution in [2.75, 3.05) is 23.4 Å². The van der Waals surface area contributed by atoms with E-state index in [1.807, 2.05) is 0 Å². The van der Waals surface area contributed by atoms with Crippen LogP contribution in [-0.2, 0) is 4.79 Å².